The highest BCUT2D eigenvalue weighted by Gasteiger charge is 2.89. The van der Waals surface area contributed by atoms with Crippen LogP contribution in [-0.4, -0.2) is 94.9 Å². The number of furan rings is 1. The number of rotatable bonds is 10. The lowest BCUT2D eigenvalue weighted by atomic mass is 9.45. The van der Waals surface area contributed by atoms with Crippen molar-refractivity contribution >= 4 is 35.8 Å². The Bertz CT molecular complexity index is 1700. The van der Waals surface area contributed by atoms with Crippen molar-refractivity contribution in [3.05, 3.63) is 60.1 Å². The van der Waals surface area contributed by atoms with Crippen LogP contribution in [0.5, 0.6) is 0 Å². The van der Waals surface area contributed by atoms with Gasteiger partial charge in [0.15, 0.2) is 17.8 Å². The van der Waals surface area contributed by atoms with E-state index in [0.717, 1.165) is 27.0 Å². The second-order valence-electron chi connectivity index (χ2n) is 14.5. The second kappa shape index (κ2) is 14.0. The van der Waals surface area contributed by atoms with Crippen molar-refractivity contribution in [1.29, 1.82) is 0 Å². The van der Waals surface area contributed by atoms with Crippen LogP contribution in [0.3, 0.4) is 0 Å². The zero-order chi connectivity index (χ0) is 38.4. The van der Waals surface area contributed by atoms with Crippen molar-refractivity contribution in [2.75, 3.05) is 6.61 Å². The quantitative estimate of drug-likeness (QED) is 0.276. The number of hydrogen-bond acceptors (Lipinski definition) is 15. The van der Waals surface area contributed by atoms with E-state index in [2.05, 4.69) is 0 Å². The number of fused-ring (bicyclic) bond motifs is 1. The Balaban J connectivity index is 1.91. The van der Waals surface area contributed by atoms with Gasteiger partial charge in [-0.2, -0.15) is 0 Å². The summed E-state index contributed by atoms with van der Waals surface area (Å²) >= 11 is 0. The van der Waals surface area contributed by atoms with Crippen LogP contribution >= 0.6 is 0 Å². The number of carbonyl (C=O) groups is 6. The lowest BCUT2D eigenvalue weighted by Gasteiger charge is -2.66. The average Bonchev–Trinajstić information content (AvgIpc) is 3.65. The van der Waals surface area contributed by atoms with E-state index in [4.69, 9.17) is 37.6 Å². The van der Waals surface area contributed by atoms with E-state index in [1.807, 2.05) is 0 Å². The molecule has 1 N–H and O–H groups in total. The van der Waals surface area contributed by atoms with Crippen LogP contribution in [0.15, 0.2) is 53.3 Å². The minimum absolute atomic E-state index is 0.0315. The molecule has 1 spiro atoms. The Kier molecular flexibility index (Phi) is 10.4. The van der Waals surface area contributed by atoms with Gasteiger partial charge in [0.05, 0.1) is 40.4 Å². The third-order valence-corrected chi connectivity index (χ3v) is 10.1. The summed E-state index contributed by atoms with van der Waals surface area (Å²) in [6.07, 6.45) is -6.32. The molecular weight excluding hydrogens is 684 g/mol. The maximum atomic E-state index is 14.2. The standard InChI is InChI=1S/C37H44O15/c1-19(2)31(41)46-18-36-28(48-21(4)39)25(47-20(3)38)16-35(8,44)37(36)29(49-22(5)40)26(34(6,7)52-37)27(50-33(43)24-14-15-45-17-24)30(36)51-32(42)23-12-10-9-11-13-23/h9-15,17,19,25-30,44H,16,18H2,1-8H3. The molecule has 52 heavy (non-hydrogen) atoms. The van der Waals surface area contributed by atoms with Gasteiger partial charge >= 0.3 is 35.8 Å². The van der Waals surface area contributed by atoms with Crippen LogP contribution in [0.4, 0.5) is 0 Å². The molecule has 2 aliphatic carbocycles. The molecule has 15 heteroatoms. The third-order valence-electron chi connectivity index (χ3n) is 10.1. The summed E-state index contributed by atoms with van der Waals surface area (Å²) in [7, 11) is 0. The van der Waals surface area contributed by atoms with E-state index in [1.54, 1.807) is 45.9 Å². The molecule has 9 atom stereocenters. The van der Waals surface area contributed by atoms with Gasteiger partial charge in [-0.25, -0.2) is 9.59 Å². The molecule has 9 unspecified atom stereocenters. The van der Waals surface area contributed by atoms with Gasteiger partial charge in [0.2, 0.25) is 0 Å². The first-order valence-electron chi connectivity index (χ1n) is 16.9. The first-order valence-corrected chi connectivity index (χ1v) is 16.9. The van der Waals surface area contributed by atoms with Crippen LogP contribution in [0.25, 0.3) is 0 Å². The highest BCUT2D eigenvalue weighted by atomic mass is 16.7. The topological polar surface area (TPSA) is 200 Å². The van der Waals surface area contributed by atoms with Gasteiger partial charge in [0.1, 0.15) is 36.6 Å². The molecule has 282 valence electrons. The number of hydrogen-bond donors (Lipinski definition) is 1. The zero-order valence-electron chi connectivity index (χ0n) is 30.2. The average molecular weight is 729 g/mol. The molecular formula is C37H44O15. The first kappa shape index (κ1) is 38.5. The molecule has 2 heterocycles. The summed E-state index contributed by atoms with van der Waals surface area (Å²) < 4.78 is 48.3. The van der Waals surface area contributed by atoms with Gasteiger partial charge in [0.25, 0.3) is 0 Å². The highest BCUT2D eigenvalue weighted by Crippen LogP contribution is 2.69. The van der Waals surface area contributed by atoms with Gasteiger partial charge in [0, 0.05) is 27.2 Å². The molecule has 1 aromatic heterocycles. The smallest absolute Gasteiger partial charge is 0.341 e. The molecule has 3 fully saturated rings. The summed E-state index contributed by atoms with van der Waals surface area (Å²) in [4.78, 5) is 80.1. The maximum Gasteiger partial charge on any atom is 0.341 e. The van der Waals surface area contributed by atoms with E-state index in [-0.39, 0.29) is 11.1 Å². The Morgan fingerprint density at radius 1 is 0.788 bits per heavy atom. The highest BCUT2D eigenvalue weighted by molar-refractivity contribution is 5.90. The number of esters is 6. The normalized spacial score (nSPS) is 32.9. The Hall–Kier alpha value is -4.76. The Morgan fingerprint density at radius 3 is 1.94 bits per heavy atom. The molecule has 2 bridgehead atoms. The molecule has 2 saturated carbocycles. The molecule has 0 amide bonds. The number of benzene rings is 1. The van der Waals surface area contributed by atoms with Crippen LogP contribution in [-0.2, 0) is 52.3 Å². The first-order chi connectivity index (χ1) is 24.3. The van der Waals surface area contributed by atoms with Crippen molar-refractivity contribution in [1.82, 2.24) is 0 Å². The van der Waals surface area contributed by atoms with Gasteiger partial charge in [-0.15, -0.1) is 0 Å². The molecule has 2 aromatic rings. The van der Waals surface area contributed by atoms with E-state index in [0.29, 0.717) is 0 Å². The summed E-state index contributed by atoms with van der Waals surface area (Å²) in [5.41, 5.74) is -8.26. The van der Waals surface area contributed by atoms with Crippen LogP contribution in [0, 0.1) is 17.3 Å². The monoisotopic (exact) mass is 728 g/mol. The molecule has 1 saturated heterocycles. The van der Waals surface area contributed by atoms with E-state index < -0.39 is 113 Å². The van der Waals surface area contributed by atoms with Crippen molar-refractivity contribution in [2.24, 2.45) is 17.3 Å². The Labute approximate surface area is 300 Å². The summed E-state index contributed by atoms with van der Waals surface area (Å²) in [5, 5.41) is 12.8. The predicted molar refractivity (Wildman–Crippen MR) is 175 cm³/mol. The maximum absolute atomic E-state index is 14.2. The number of carbonyl (C=O) groups excluding carboxylic acids is 6. The van der Waals surface area contributed by atoms with E-state index in [9.17, 15) is 33.9 Å². The third kappa shape index (κ3) is 6.44. The summed E-state index contributed by atoms with van der Waals surface area (Å²) in [5.74, 6) is -7.13. The molecule has 15 nitrogen and oxygen atoms in total. The van der Waals surface area contributed by atoms with Gasteiger partial charge in [-0.1, -0.05) is 32.0 Å². The SMILES string of the molecule is CC(=O)OC1CC(C)(O)C23OC(C)(C)C(C(OC(=O)c4ccoc4)C(OC(=O)c4ccccc4)C2(COC(=O)C(C)C)C1OC(C)=O)C3OC(C)=O. The number of aliphatic hydroxyl groups is 1. The summed E-state index contributed by atoms with van der Waals surface area (Å²) in [6.45, 7) is 10.1. The molecule has 1 aliphatic heterocycles. The molecule has 5 rings (SSSR count). The fourth-order valence-corrected chi connectivity index (χ4v) is 8.33. The van der Waals surface area contributed by atoms with E-state index >= 15 is 0 Å². The fourth-order valence-electron chi connectivity index (χ4n) is 8.33. The molecule has 0 radical (unpaired) electrons. The summed E-state index contributed by atoms with van der Waals surface area (Å²) in [6, 6.07) is 9.13. The van der Waals surface area contributed by atoms with Crippen LogP contribution in [0.1, 0.15) is 82.5 Å². The lowest BCUT2D eigenvalue weighted by molar-refractivity contribution is -0.363. The zero-order valence-corrected chi connectivity index (χ0v) is 30.2. The molecule has 3 aliphatic rings. The Morgan fingerprint density at radius 2 is 1.38 bits per heavy atom. The lowest BCUT2D eigenvalue weighted by Crippen LogP contribution is -2.85. The predicted octanol–water partition coefficient (Wildman–Crippen LogP) is 3.34. The fraction of sp³-hybridized carbons (Fsp3) is 0.568. The molecule has 1 aromatic carbocycles. The van der Waals surface area contributed by atoms with Crippen molar-refractivity contribution in [3.8, 4) is 0 Å². The number of ether oxygens (including phenoxy) is 7. The van der Waals surface area contributed by atoms with Gasteiger partial charge in [-0.3, -0.25) is 19.2 Å². The van der Waals surface area contributed by atoms with Crippen molar-refractivity contribution in [2.45, 2.75) is 109 Å². The van der Waals surface area contributed by atoms with Gasteiger partial charge in [-0.05, 0) is 39.0 Å². The minimum atomic E-state index is -2.33. The van der Waals surface area contributed by atoms with Gasteiger partial charge < -0.3 is 42.7 Å². The minimum Gasteiger partial charge on any atom is -0.472 e. The van der Waals surface area contributed by atoms with Crippen molar-refractivity contribution < 1.29 is 71.4 Å². The van der Waals surface area contributed by atoms with E-state index in [1.165, 1.54) is 31.4 Å². The second-order valence-corrected chi connectivity index (χ2v) is 14.5. The van der Waals surface area contributed by atoms with Crippen LogP contribution in [0.2, 0.25) is 0 Å². The van der Waals surface area contributed by atoms with Crippen LogP contribution < -0.4 is 0 Å². The largest absolute Gasteiger partial charge is 0.472 e. The van der Waals surface area contributed by atoms with Crippen molar-refractivity contribution in [3.63, 3.8) is 0 Å².